The van der Waals surface area contributed by atoms with Crippen LogP contribution in [-0.2, 0) is 54.4 Å². The van der Waals surface area contributed by atoms with Gasteiger partial charge in [-0.25, -0.2) is 4.79 Å². The van der Waals surface area contributed by atoms with Gasteiger partial charge in [-0.15, -0.1) is 0 Å². The van der Waals surface area contributed by atoms with E-state index in [1.54, 1.807) is 20.1 Å². The standard InChI is InChI=1S/C35H53N9O15S/c1-17(2)29(44-31(54)20(8-9-60-3)39-25(48)12-36)34(57)38-14-27(50)41-23(15-45)30(53)37-13-26(49)40-21(10-18-4-6-19(47)7-5-18)32(55)42-22(11-28(51)52)33(56)43-24(16-46)35(58)59/h4-7,17,20-24,29,45-47H,8-16,36H2,1-3H3,(H,37,53)(H,38,57)(H,39,48)(H,40,49)(H,41,50)(H,42,55)(H,43,56)(H,44,54)(H,51,52)(H,58,59)/t20-,21-,22-,23-,24-,29-/m0/s1. The number of hydrogen-bond acceptors (Lipinski definition) is 15. The molecule has 0 unspecified atom stereocenters. The number of aliphatic hydroxyl groups is 2. The van der Waals surface area contributed by atoms with E-state index in [4.69, 9.17) is 10.8 Å². The lowest BCUT2D eigenvalue weighted by Crippen LogP contribution is -2.58. The van der Waals surface area contributed by atoms with Crippen LogP contribution in [0.5, 0.6) is 5.75 Å². The van der Waals surface area contributed by atoms with Gasteiger partial charge in [0, 0.05) is 6.42 Å². The van der Waals surface area contributed by atoms with Crippen LogP contribution in [0.15, 0.2) is 24.3 Å². The summed E-state index contributed by atoms with van der Waals surface area (Å²) in [4.78, 5) is 125. The molecule has 1 aromatic carbocycles. The first kappa shape index (κ1) is 52.0. The van der Waals surface area contributed by atoms with Crippen LogP contribution in [0.4, 0.5) is 0 Å². The Bertz CT molecular complexity index is 1680. The molecule has 0 aliphatic carbocycles. The zero-order valence-corrected chi connectivity index (χ0v) is 33.8. The van der Waals surface area contributed by atoms with Crippen LogP contribution in [-0.4, -0.2) is 166 Å². The average molecular weight is 872 g/mol. The number of phenols is 1. The van der Waals surface area contributed by atoms with Gasteiger partial charge in [-0.3, -0.25) is 43.2 Å². The van der Waals surface area contributed by atoms with Crippen molar-refractivity contribution < 1.29 is 73.5 Å². The summed E-state index contributed by atoms with van der Waals surface area (Å²) in [5.41, 5.74) is 5.70. The third-order valence-electron chi connectivity index (χ3n) is 8.21. The Balaban J connectivity index is 2.97. The quantitative estimate of drug-likeness (QED) is 0.0391. The molecule has 1 rings (SSSR count). The van der Waals surface area contributed by atoms with Crippen LogP contribution in [0, 0.1) is 5.92 Å². The number of phenolic OH excluding ortho intramolecular Hbond substituents is 1. The van der Waals surface area contributed by atoms with Crippen molar-refractivity contribution in [3.63, 3.8) is 0 Å². The average Bonchev–Trinajstić information content (AvgIpc) is 3.19. The number of nitrogens with one attached hydrogen (secondary N) is 8. The molecule has 0 aliphatic heterocycles. The summed E-state index contributed by atoms with van der Waals surface area (Å²) in [6.45, 7) is -0.708. The summed E-state index contributed by atoms with van der Waals surface area (Å²) in [5, 5.41) is 65.1. The number of carboxylic acid groups (broad SMARTS) is 2. The maximum atomic E-state index is 13.4. The van der Waals surface area contributed by atoms with E-state index in [2.05, 4.69) is 37.2 Å². The first-order valence-electron chi connectivity index (χ1n) is 18.2. The van der Waals surface area contributed by atoms with E-state index in [9.17, 15) is 68.4 Å². The second-order valence-corrected chi connectivity index (χ2v) is 14.3. The first-order chi connectivity index (χ1) is 28.3. The number of thioether (sulfide) groups is 1. The monoisotopic (exact) mass is 871 g/mol. The first-order valence-corrected chi connectivity index (χ1v) is 19.6. The second kappa shape index (κ2) is 26.9. The van der Waals surface area contributed by atoms with Crippen LogP contribution >= 0.6 is 11.8 Å². The molecule has 24 nitrogen and oxygen atoms in total. The third kappa shape index (κ3) is 19.1. The number of aliphatic hydroxyl groups excluding tert-OH is 2. The lowest BCUT2D eigenvalue weighted by atomic mass is 10.0. The molecule has 0 heterocycles. The van der Waals surface area contributed by atoms with Gasteiger partial charge in [0.2, 0.25) is 47.3 Å². The van der Waals surface area contributed by atoms with Crippen molar-refractivity contribution in [2.24, 2.45) is 11.7 Å². The topological polar surface area (TPSA) is 394 Å². The number of hydrogen-bond donors (Lipinski definition) is 14. The van der Waals surface area contributed by atoms with E-state index in [1.165, 1.54) is 36.0 Å². The van der Waals surface area contributed by atoms with Crippen LogP contribution in [0.1, 0.15) is 32.3 Å². The van der Waals surface area contributed by atoms with Crippen molar-refractivity contribution in [2.45, 2.75) is 69.4 Å². The summed E-state index contributed by atoms with van der Waals surface area (Å²) in [7, 11) is 0. The SMILES string of the molecule is CSCC[C@H](NC(=O)CN)C(=O)N[C@H](C(=O)NCC(=O)N[C@@H](CO)C(=O)NCC(=O)N[C@@H](Cc1ccc(O)cc1)C(=O)N[C@@H](CC(=O)O)C(=O)N[C@@H](CO)C(=O)O)C(C)C. The Kier molecular flexibility index (Phi) is 23.3. The lowest BCUT2D eigenvalue weighted by molar-refractivity contribution is -0.144. The number of amides is 8. The zero-order valence-electron chi connectivity index (χ0n) is 33.0. The van der Waals surface area contributed by atoms with Crippen molar-refractivity contribution >= 4 is 71.0 Å². The Morgan fingerprint density at radius 2 is 1.13 bits per heavy atom. The predicted molar refractivity (Wildman–Crippen MR) is 210 cm³/mol. The molecule has 0 spiro atoms. The Morgan fingerprint density at radius 1 is 0.633 bits per heavy atom. The van der Waals surface area contributed by atoms with Crippen molar-refractivity contribution in [3.8, 4) is 5.75 Å². The highest BCUT2D eigenvalue weighted by molar-refractivity contribution is 7.98. The molecule has 0 radical (unpaired) electrons. The number of rotatable bonds is 27. The third-order valence-corrected chi connectivity index (χ3v) is 8.86. The van der Waals surface area contributed by atoms with E-state index < -0.39 is 134 Å². The highest BCUT2D eigenvalue weighted by Gasteiger charge is 2.32. The highest BCUT2D eigenvalue weighted by atomic mass is 32.2. The highest BCUT2D eigenvalue weighted by Crippen LogP contribution is 2.12. The number of carbonyl (C=O) groups is 10. The van der Waals surface area contributed by atoms with E-state index in [0.29, 0.717) is 11.3 Å². The minimum absolute atomic E-state index is 0.139. The van der Waals surface area contributed by atoms with Gasteiger partial charge in [0.1, 0.15) is 42.0 Å². The fourth-order valence-electron chi connectivity index (χ4n) is 4.99. The van der Waals surface area contributed by atoms with Gasteiger partial charge in [0.25, 0.3) is 0 Å². The molecule has 0 bridgehead atoms. The molecule has 6 atom stereocenters. The molecule has 0 aromatic heterocycles. The Hall–Kier alpha value is -6.05. The number of aliphatic carboxylic acids is 2. The normalized spacial score (nSPS) is 13.8. The molecule has 25 heteroatoms. The minimum atomic E-state index is -1.88. The van der Waals surface area contributed by atoms with Crippen molar-refractivity contribution in [1.29, 1.82) is 0 Å². The molecule has 0 aliphatic rings. The van der Waals surface area contributed by atoms with Crippen molar-refractivity contribution in [3.05, 3.63) is 29.8 Å². The predicted octanol–water partition coefficient (Wildman–Crippen LogP) is -6.01. The van der Waals surface area contributed by atoms with Crippen LogP contribution < -0.4 is 48.3 Å². The summed E-state index contributed by atoms with van der Waals surface area (Å²) in [6, 6.07) is -3.77. The van der Waals surface area contributed by atoms with Crippen LogP contribution in [0.2, 0.25) is 0 Å². The molecule has 8 amide bonds. The molecule has 334 valence electrons. The fourth-order valence-corrected chi connectivity index (χ4v) is 5.46. The van der Waals surface area contributed by atoms with Crippen LogP contribution in [0.3, 0.4) is 0 Å². The molecule has 60 heavy (non-hydrogen) atoms. The van der Waals surface area contributed by atoms with Gasteiger partial charge in [-0.2, -0.15) is 11.8 Å². The van der Waals surface area contributed by atoms with E-state index in [0.717, 1.165) is 0 Å². The smallest absolute Gasteiger partial charge is 0.328 e. The van der Waals surface area contributed by atoms with Crippen molar-refractivity contribution in [1.82, 2.24) is 42.5 Å². The summed E-state index contributed by atoms with van der Waals surface area (Å²) >= 11 is 1.43. The number of nitrogens with two attached hydrogens (primary N) is 1. The molecule has 1 aromatic rings. The van der Waals surface area contributed by atoms with Gasteiger partial charge >= 0.3 is 11.9 Å². The van der Waals surface area contributed by atoms with Crippen molar-refractivity contribution in [2.75, 3.05) is 44.9 Å². The summed E-state index contributed by atoms with van der Waals surface area (Å²) in [6.07, 6.45) is 0.702. The van der Waals surface area contributed by atoms with Gasteiger partial charge in [0.15, 0.2) is 0 Å². The lowest BCUT2D eigenvalue weighted by Gasteiger charge is -2.25. The molecule has 0 saturated carbocycles. The second-order valence-electron chi connectivity index (χ2n) is 13.3. The Morgan fingerprint density at radius 3 is 1.63 bits per heavy atom. The number of carbonyl (C=O) groups excluding carboxylic acids is 8. The summed E-state index contributed by atoms with van der Waals surface area (Å²) < 4.78 is 0. The largest absolute Gasteiger partial charge is 0.508 e. The van der Waals surface area contributed by atoms with E-state index in [1.807, 2.05) is 5.32 Å². The number of aromatic hydroxyl groups is 1. The minimum Gasteiger partial charge on any atom is -0.508 e. The molecule has 0 saturated heterocycles. The molecular formula is C35H53N9O15S. The van der Waals surface area contributed by atoms with Gasteiger partial charge in [-0.05, 0) is 42.0 Å². The van der Waals surface area contributed by atoms with Gasteiger partial charge < -0.3 is 73.8 Å². The van der Waals surface area contributed by atoms with Gasteiger partial charge in [0.05, 0.1) is 39.3 Å². The van der Waals surface area contributed by atoms with Gasteiger partial charge in [-0.1, -0.05) is 26.0 Å². The Labute approximate surface area is 347 Å². The number of carboxylic acids is 2. The fraction of sp³-hybridized carbons (Fsp3) is 0.543. The zero-order chi connectivity index (χ0) is 45.5. The molecular weight excluding hydrogens is 818 g/mol. The maximum absolute atomic E-state index is 13.4. The van der Waals surface area contributed by atoms with Crippen LogP contribution in [0.25, 0.3) is 0 Å². The van der Waals surface area contributed by atoms with E-state index in [-0.39, 0.29) is 25.1 Å². The molecule has 15 N–H and O–H groups in total. The van der Waals surface area contributed by atoms with E-state index >= 15 is 0 Å². The molecule has 0 fully saturated rings. The number of benzene rings is 1. The summed E-state index contributed by atoms with van der Waals surface area (Å²) in [5.74, 6) is -10.8. The maximum Gasteiger partial charge on any atom is 0.328 e.